The van der Waals surface area contributed by atoms with E-state index >= 15 is 0 Å². The van der Waals surface area contributed by atoms with Crippen molar-refractivity contribution in [1.29, 1.82) is 0 Å². The maximum Gasteiger partial charge on any atom is 0.416 e. The second-order valence-corrected chi connectivity index (χ2v) is 13.2. The van der Waals surface area contributed by atoms with Crippen LogP contribution in [0.4, 0.5) is 13.2 Å². The molecule has 7 heteroatoms. The van der Waals surface area contributed by atoms with Gasteiger partial charge in [-0.1, -0.05) is 43.0 Å². The van der Waals surface area contributed by atoms with Crippen LogP contribution < -0.4 is 0 Å². The molecule has 0 saturated heterocycles. The zero-order valence-electron chi connectivity index (χ0n) is 21.7. The minimum Gasteiger partial charge on any atom is -0.494 e. The number of rotatable bonds is 2. The summed E-state index contributed by atoms with van der Waals surface area (Å²) in [4.78, 5) is 2.31. The van der Waals surface area contributed by atoms with E-state index in [1.54, 1.807) is 11.3 Å². The smallest absolute Gasteiger partial charge is 0.416 e. The molecule has 1 spiro atoms. The number of halogens is 3. The number of aromatic nitrogens is 1. The summed E-state index contributed by atoms with van der Waals surface area (Å²) in [6.07, 6.45) is 0.964. The molecule has 40 heavy (non-hydrogen) atoms. The molecule has 4 aromatic rings. The lowest BCUT2D eigenvalue weighted by atomic mass is 9.42. The number of alkyl halides is 3. The van der Waals surface area contributed by atoms with Crippen molar-refractivity contribution in [3.63, 3.8) is 0 Å². The fraction of sp³-hybridized carbons (Fsp3) is 0.333. The third kappa shape index (κ3) is 3.07. The number of aromatic hydroxyl groups is 2. The summed E-state index contributed by atoms with van der Waals surface area (Å²) in [6, 6.07) is 17.2. The molecule has 2 aromatic heterocycles. The quantitative estimate of drug-likeness (QED) is 0.258. The molecule has 0 amide bonds. The number of nitrogens with zero attached hydrogens (tertiary/aromatic N) is 1. The first-order valence-electron chi connectivity index (χ1n) is 13.9. The Labute approximate surface area is 234 Å². The van der Waals surface area contributed by atoms with Gasteiger partial charge in [-0.05, 0) is 96.7 Å². The van der Waals surface area contributed by atoms with Gasteiger partial charge in [0.1, 0.15) is 0 Å². The number of benzene rings is 2. The van der Waals surface area contributed by atoms with Crippen molar-refractivity contribution in [2.24, 2.45) is 23.7 Å². The maximum absolute atomic E-state index is 13.6. The molecular formula is C33H28F3NO2S. The van der Waals surface area contributed by atoms with Crippen molar-refractivity contribution >= 4 is 16.9 Å². The van der Waals surface area contributed by atoms with Crippen LogP contribution in [0.15, 0.2) is 67.2 Å². The highest BCUT2D eigenvalue weighted by molar-refractivity contribution is 7.16. The Kier molecular flexibility index (Phi) is 4.91. The van der Waals surface area contributed by atoms with Crippen LogP contribution in [0.2, 0.25) is 0 Å². The zero-order valence-corrected chi connectivity index (χ0v) is 22.5. The number of hydrogen-bond donors (Lipinski definition) is 2. The van der Waals surface area contributed by atoms with Gasteiger partial charge in [-0.25, -0.2) is 0 Å². The number of fused-ring (bicyclic) bond motifs is 2. The third-order valence-electron chi connectivity index (χ3n) is 10.2. The monoisotopic (exact) mass is 559 g/mol. The summed E-state index contributed by atoms with van der Waals surface area (Å²) < 4.78 is 42.1. The van der Waals surface area contributed by atoms with Crippen molar-refractivity contribution in [2.45, 2.75) is 43.7 Å². The van der Waals surface area contributed by atoms with Crippen molar-refractivity contribution in [3.8, 4) is 27.9 Å². The van der Waals surface area contributed by atoms with Gasteiger partial charge < -0.3 is 10.2 Å². The molecule has 2 heterocycles. The van der Waals surface area contributed by atoms with E-state index in [4.69, 9.17) is 0 Å². The number of thiophene rings is 1. The summed E-state index contributed by atoms with van der Waals surface area (Å²) in [5.41, 5.74) is 2.60. The Morgan fingerprint density at radius 2 is 1.52 bits per heavy atom. The van der Waals surface area contributed by atoms with Crippen LogP contribution in [0.3, 0.4) is 0 Å². The standard InChI is InChI=1S/C33H28F3NO2S/c1-17-25-16-26(20-6-3-2-4-7-20)40-29(25)32(22-11-18-10-19(13-22)14-23(32)12-18)28-27(17)30(38)37(31(28)39)24-9-5-8-21(15-24)33(34,35)36/h2-9,15-16,18-19,22-23,38-39H,1,10-14H2. The molecule has 5 aliphatic rings. The van der Waals surface area contributed by atoms with Crippen molar-refractivity contribution in [3.05, 3.63) is 94.4 Å². The van der Waals surface area contributed by atoms with Crippen molar-refractivity contribution in [1.82, 2.24) is 4.57 Å². The maximum atomic E-state index is 13.6. The van der Waals surface area contributed by atoms with Gasteiger partial charge in [-0.15, -0.1) is 11.3 Å². The van der Waals surface area contributed by atoms with Gasteiger partial charge in [0, 0.05) is 20.7 Å². The average Bonchev–Trinajstić information content (AvgIpc) is 3.49. The fourth-order valence-corrected chi connectivity index (χ4v) is 10.5. The molecule has 0 aliphatic heterocycles. The predicted molar refractivity (Wildman–Crippen MR) is 150 cm³/mol. The first kappa shape index (κ1) is 24.4. The summed E-state index contributed by atoms with van der Waals surface area (Å²) in [5.74, 6) is 1.50. The van der Waals surface area contributed by atoms with E-state index in [2.05, 4.69) is 24.8 Å². The largest absolute Gasteiger partial charge is 0.494 e. The first-order valence-corrected chi connectivity index (χ1v) is 14.7. The molecule has 2 N–H and O–H groups in total. The molecule has 3 nitrogen and oxygen atoms in total. The van der Waals surface area contributed by atoms with Crippen LogP contribution in [0.1, 0.15) is 59.2 Å². The Balaban J connectivity index is 1.41. The molecule has 2 aromatic carbocycles. The molecule has 0 radical (unpaired) electrons. The molecular weight excluding hydrogens is 531 g/mol. The Morgan fingerprint density at radius 3 is 2.17 bits per heavy atom. The van der Waals surface area contributed by atoms with E-state index in [0.29, 0.717) is 40.4 Å². The van der Waals surface area contributed by atoms with E-state index in [9.17, 15) is 23.4 Å². The van der Waals surface area contributed by atoms with E-state index in [0.717, 1.165) is 53.8 Å². The minimum absolute atomic E-state index is 0.0827. The molecule has 0 unspecified atom stereocenters. The minimum atomic E-state index is -4.54. The van der Waals surface area contributed by atoms with Gasteiger partial charge in [-0.3, -0.25) is 4.57 Å². The molecule has 204 valence electrons. The Hall–Kier alpha value is -3.45. The topological polar surface area (TPSA) is 45.4 Å². The average molecular weight is 560 g/mol. The zero-order chi connectivity index (χ0) is 27.6. The summed E-state index contributed by atoms with van der Waals surface area (Å²) in [5, 5.41) is 23.7. The first-order chi connectivity index (χ1) is 19.2. The summed E-state index contributed by atoms with van der Waals surface area (Å²) in [6.45, 7) is 4.41. The Morgan fingerprint density at radius 1 is 0.850 bits per heavy atom. The van der Waals surface area contributed by atoms with Gasteiger partial charge in [0.15, 0.2) is 0 Å². The van der Waals surface area contributed by atoms with Gasteiger partial charge >= 0.3 is 6.18 Å². The lowest BCUT2D eigenvalue weighted by molar-refractivity contribution is -0.137. The van der Waals surface area contributed by atoms with E-state index in [1.165, 1.54) is 28.0 Å². The lowest BCUT2D eigenvalue weighted by Gasteiger charge is -2.62. The number of hydrogen-bond acceptors (Lipinski definition) is 3. The van der Waals surface area contributed by atoms with Gasteiger partial charge in [0.05, 0.1) is 16.8 Å². The lowest BCUT2D eigenvalue weighted by Crippen LogP contribution is -2.56. The highest BCUT2D eigenvalue weighted by atomic mass is 32.1. The Bertz CT molecular complexity index is 1670. The molecule has 4 saturated carbocycles. The highest BCUT2D eigenvalue weighted by Gasteiger charge is 2.63. The highest BCUT2D eigenvalue weighted by Crippen LogP contribution is 2.71. The van der Waals surface area contributed by atoms with Gasteiger partial charge in [-0.2, -0.15) is 13.2 Å². The van der Waals surface area contributed by atoms with Crippen LogP contribution in [0.25, 0.3) is 21.7 Å². The second kappa shape index (κ2) is 8.06. The van der Waals surface area contributed by atoms with E-state index < -0.39 is 17.2 Å². The van der Waals surface area contributed by atoms with Crippen LogP contribution >= 0.6 is 11.3 Å². The van der Waals surface area contributed by atoms with Crippen LogP contribution in [-0.4, -0.2) is 14.8 Å². The molecule has 4 bridgehead atoms. The second-order valence-electron chi connectivity index (χ2n) is 12.2. The summed E-state index contributed by atoms with van der Waals surface area (Å²) >= 11 is 1.75. The van der Waals surface area contributed by atoms with E-state index in [1.807, 2.05) is 18.2 Å². The normalized spacial score (nSPS) is 28.2. The third-order valence-corrected chi connectivity index (χ3v) is 11.5. The SMILES string of the molecule is C=C1c2cc(-c3ccccc3)sc2C2(c3c1c(O)n(-c1cccc(C(F)(F)F)c1)c3O)C1CC3CC(C1)CC2C3. The fourth-order valence-electron chi connectivity index (χ4n) is 8.91. The van der Waals surface area contributed by atoms with E-state index in [-0.39, 0.29) is 17.4 Å². The van der Waals surface area contributed by atoms with Crippen LogP contribution in [0, 0.1) is 23.7 Å². The van der Waals surface area contributed by atoms with Crippen molar-refractivity contribution in [2.75, 3.05) is 0 Å². The molecule has 0 atom stereocenters. The van der Waals surface area contributed by atoms with Crippen molar-refractivity contribution < 1.29 is 23.4 Å². The molecule has 5 aliphatic carbocycles. The predicted octanol–water partition coefficient (Wildman–Crippen LogP) is 8.75. The van der Waals surface area contributed by atoms with Gasteiger partial charge in [0.2, 0.25) is 11.8 Å². The molecule has 9 rings (SSSR count). The van der Waals surface area contributed by atoms with Gasteiger partial charge in [0.25, 0.3) is 0 Å². The van der Waals surface area contributed by atoms with Crippen LogP contribution in [-0.2, 0) is 11.6 Å². The van der Waals surface area contributed by atoms with Crippen LogP contribution in [0.5, 0.6) is 11.8 Å². The molecule has 4 fully saturated rings. The summed E-state index contributed by atoms with van der Waals surface area (Å²) in [7, 11) is 0.